The topological polar surface area (TPSA) is 42.2 Å². The zero-order valence-corrected chi connectivity index (χ0v) is 12.7. The fraction of sp³-hybridized carbons (Fsp3) is 0.571. The van der Waals surface area contributed by atoms with Crippen LogP contribution in [0.1, 0.15) is 39.0 Å². The van der Waals surface area contributed by atoms with Crippen LogP contribution in [0.3, 0.4) is 0 Å². The molecule has 0 atom stereocenters. The molecular weight excluding hydrogens is 304 g/mol. The third-order valence-electron chi connectivity index (χ3n) is 4.05. The smallest absolute Gasteiger partial charge is 0.243 e. The Bertz CT molecular complexity index is 558. The molecule has 1 aliphatic carbocycles. The van der Waals surface area contributed by atoms with E-state index in [4.69, 9.17) is 0 Å². The van der Waals surface area contributed by atoms with Gasteiger partial charge in [-0.15, -0.1) is 5.10 Å². The molecule has 0 aliphatic heterocycles. The Morgan fingerprint density at radius 2 is 2.11 bits per heavy atom. The zero-order chi connectivity index (χ0) is 13.2. The number of rotatable bonds is 3. The summed E-state index contributed by atoms with van der Waals surface area (Å²) in [5.74, 6) is 1.67. The van der Waals surface area contributed by atoms with E-state index in [1.54, 1.807) is 0 Å². The Balaban J connectivity index is 1.68. The Hall–Kier alpha value is -1.10. The Morgan fingerprint density at radius 1 is 1.32 bits per heavy atom. The summed E-state index contributed by atoms with van der Waals surface area (Å²) in [6.45, 7) is 2.29. The molecule has 0 unspecified atom stereocenters. The third-order valence-corrected chi connectivity index (χ3v) is 4.52. The van der Waals surface area contributed by atoms with Crippen molar-refractivity contribution in [3.8, 4) is 0 Å². The first-order chi connectivity index (χ1) is 9.24. The molecule has 2 aromatic heterocycles. The Labute approximate surface area is 121 Å². The minimum atomic E-state index is 0.531. The van der Waals surface area contributed by atoms with Crippen LogP contribution < -0.4 is 5.32 Å². The summed E-state index contributed by atoms with van der Waals surface area (Å²) in [7, 11) is 0. The highest BCUT2D eigenvalue weighted by molar-refractivity contribution is 9.10. The summed E-state index contributed by atoms with van der Waals surface area (Å²) < 4.78 is 2.82. The molecule has 1 N–H and O–H groups in total. The average molecular weight is 323 g/mol. The van der Waals surface area contributed by atoms with Gasteiger partial charge in [0, 0.05) is 16.7 Å². The van der Waals surface area contributed by atoms with Gasteiger partial charge in [0.1, 0.15) is 0 Å². The molecule has 4 nitrogen and oxygen atoms in total. The van der Waals surface area contributed by atoms with Crippen LogP contribution in [0.25, 0.3) is 5.65 Å². The standard InChI is InChI=1S/C14H19BrN4/c1-2-10-3-6-12(7-4-10)16-14-17-13-8-5-11(15)9-19(13)18-14/h5,8-10,12H,2-4,6-7H2,1H3,(H,16,18). The molecule has 0 spiro atoms. The molecule has 1 fully saturated rings. The molecule has 3 rings (SSSR count). The number of fused-ring (bicyclic) bond motifs is 1. The van der Waals surface area contributed by atoms with Crippen LogP contribution in [0.5, 0.6) is 0 Å². The van der Waals surface area contributed by atoms with Crippen molar-refractivity contribution in [1.29, 1.82) is 0 Å². The molecule has 2 heterocycles. The number of nitrogens with zero attached hydrogens (tertiary/aromatic N) is 3. The second-order valence-electron chi connectivity index (χ2n) is 5.36. The molecule has 0 radical (unpaired) electrons. The highest BCUT2D eigenvalue weighted by Gasteiger charge is 2.20. The first-order valence-corrected chi connectivity index (χ1v) is 7.82. The molecule has 1 aliphatic rings. The van der Waals surface area contributed by atoms with Gasteiger partial charge in [-0.3, -0.25) is 0 Å². The van der Waals surface area contributed by atoms with Gasteiger partial charge in [0.2, 0.25) is 5.95 Å². The summed E-state index contributed by atoms with van der Waals surface area (Å²) >= 11 is 3.45. The van der Waals surface area contributed by atoms with Gasteiger partial charge < -0.3 is 5.32 Å². The fourth-order valence-electron chi connectivity index (χ4n) is 2.82. The minimum Gasteiger partial charge on any atom is -0.350 e. The zero-order valence-electron chi connectivity index (χ0n) is 11.1. The molecule has 2 aromatic rings. The van der Waals surface area contributed by atoms with Crippen LogP contribution >= 0.6 is 15.9 Å². The lowest BCUT2D eigenvalue weighted by Crippen LogP contribution is -2.26. The second-order valence-corrected chi connectivity index (χ2v) is 6.27. The lowest BCUT2D eigenvalue weighted by atomic mass is 9.85. The highest BCUT2D eigenvalue weighted by Crippen LogP contribution is 2.28. The van der Waals surface area contributed by atoms with Crippen LogP contribution in [-0.2, 0) is 0 Å². The van der Waals surface area contributed by atoms with Crippen LogP contribution in [-0.4, -0.2) is 20.6 Å². The van der Waals surface area contributed by atoms with E-state index < -0.39 is 0 Å². The van der Waals surface area contributed by atoms with Gasteiger partial charge in [-0.25, -0.2) is 4.52 Å². The Kier molecular flexibility index (Phi) is 3.73. The van der Waals surface area contributed by atoms with E-state index in [0.29, 0.717) is 6.04 Å². The molecule has 0 aromatic carbocycles. The molecule has 102 valence electrons. The van der Waals surface area contributed by atoms with E-state index in [1.165, 1.54) is 32.1 Å². The van der Waals surface area contributed by atoms with Crippen molar-refractivity contribution < 1.29 is 0 Å². The third kappa shape index (κ3) is 2.91. The summed E-state index contributed by atoms with van der Waals surface area (Å²) in [4.78, 5) is 4.51. The second kappa shape index (κ2) is 5.49. The first kappa shape index (κ1) is 12.9. The van der Waals surface area contributed by atoms with Gasteiger partial charge in [0.15, 0.2) is 5.65 Å². The number of hydrogen-bond donors (Lipinski definition) is 1. The maximum Gasteiger partial charge on any atom is 0.243 e. The lowest BCUT2D eigenvalue weighted by molar-refractivity contribution is 0.329. The molecule has 1 saturated carbocycles. The maximum absolute atomic E-state index is 4.51. The first-order valence-electron chi connectivity index (χ1n) is 7.03. The fourth-order valence-corrected chi connectivity index (χ4v) is 3.14. The largest absolute Gasteiger partial charge is 0.350 e. The molecular formula is C14H19BrN4. The van der Waals surface area contributed by atoms with E-state index in [-0.39, 0.29) is 0 Å². The summed E-state index contributed by atoms with van der Waals surface area (Å²) in [6.07, 6.45) is 8.37. The van der Waals surface area contributed by atoms with Crippen molar-refractivity contribution in [2.75, 3.05) is 5.32 Å². The number of hydrogen-bond acceptors (Lipinski definition) is 3. The van der Waals surface area contributed by atoms with Crippen molar-refractivity contribution in [3.05, 3.63) is 22.8 Å². The lowest BCUT2D eigenvalue weighted by Gasteiger charge is -2.27. The van der Waals surface area contributed by atoms with E-state index in [2.05, 4.69) is 38.3 Å². The van der Waals surface area contributed by atoms with Gasteiger partial charge in [-0.05, 0) is 59.7 Å². The van der Waals surface area contributed by atoms with Gasteiger partial charge in [0.25, 0.3) is 0 Å². The van der Waals surface area contributed by atoms with Crippen molar-refractivity contribution in [3.63, 3.8) is 0 Å². The van der Waals surface area contributed by atoms with Crippen LogP contribution in [0.2, 0.25) is 0 Å². The average Bonchev–Trinajstić information content (AvgIpc) is 2.81. The van der Waals surface area contributed by atoms with E-state index >= 15 is 0 Å². The molecule has 0 saturated heterocycles. The van der Waals surface area contributed by atoms with E-state index in [9.17, 15) is 0 Å². The van der Waals surface area contributed by atoms with Gasteiger partial charge >= 0.3 is 0 Å². The predicted octanol–water partition coefficient (Wildman–Crippen LogP) is 3.87. The van der Waals surface area contributed by atoms with E-state index in [1.807, 2.05) is 22.8 Å². The molecule has 5 heteroatoms. The van der Waals surface area contributed by atoms with Crippen LogP contribution in [0.4, 0.5) is 5.95 Å². The summed E-state index contributed by atoms with van der Waals surface area (Å²) in [5.41, 5.74) is 0.882. The van der Waals surface area contributed by atoms with Gasteiger partial charge in [-0.2, -0.15) is 4.98 Å². The normalized spacial score (nSPS) is 23.7. The van der Waals surface area contributed by atoms with Crippen molar-refractivity contribution >= 4 is 27.5 Å². The number of pyridine rings is 1. The quantitative estimate of drug-likeness (QED) is 0.932. The van der Waals surface area contributed by atoms with Gasteiger partial charge in [-0.1, -0.05) is 13.3 Å². The summed E-state index contributed by atoms with van der Waals surface area (Å²) in [5, 5.41) is 7.95. The Morgan fingerprint density at radius 3 is 2.84 bits per heavy atom. The van der Waals surface area contributed by atoms with Crippen molar-refractivity contribution in [2.24, 2.45) is 5.92 Å². The molecule has 0 bridgehead atoms. The summed E-state index contributed by atoms with van der Waals surface area (Å²) in [6, 6.07) is 4.49. The molecule has 19 heavy (non-hydrogen) atoms. The maximum atomic E-state index is 4.51. The molecule has 0 amide bonds. The number of aromatic nitrogens is 3. The monoisotopic (exact) mass is 322 g/mol. The van der Waals surface area contributed by atoms with Crippen molar-refractivity contribution in [2.45, 2.75) is 45.1 Å². The van der Waals surface area contributed by atoms with E-state index in [0.717, 1.165) is 22.0 Å². The predicted molar refractivity (Wildman–Crippen MR) is 80.3 cm³/mol. The van der Waals surface area contributed by atoms with Crippen molar-refractivity contribution in [1.82, 2.24) is 14.6 Å². The van der Waals surface area contributed by atoms with Crippen LogP contribution in [0, 0.1) is 5.92 Å². The van der Waals surface area contributed by atoms with Crippen LogP contribution in [0.15, 0.2) is 22.8 Å². The SMILES string of the molecule is CCC1CCC(Nc2nc3ccc(Br)cn3n2)CC1. The van der Waals surface area contributed by atoms with Gasteiger partial charge in [0.05, 0.1) is 0 Å². The highest BCUT2D eigenvalue weighted by atomic mass is 79.9. The number of halogens is 1. The number of nitrogens with one attached hydrogen (secondary N) is 1. The minimum absolute atomic E-state index is 0.531. The number of anilines is 1.